The summed E-state index contributed by atoms with van der Waals surface area (Å²) in [5.41, 5.74) is -0.137. The predicted octanol–water partition coefficient (Wildman–Crippen LogP) is 4.30. The summed E-state index contributed by atoms with van der Waals surface area (Å²) in [5, 5.41) is 5.55. The van der Waals surface area contributed by atoms with Crippen molar-refractivity contribution >= 4 is 34.1 Å². The van der Waals surface area contributed by atoms with E-state index in [-0.39, 0.29) is 34.6 Å². The van der Waals surface area contributed by atoms with Gasteiger partial charge in [0, 0.05) is 56.0 Å². The van der Waals surface area contributed by atoms with E-state index < -0.39 is 17.6 Å². The maximum absolute atomic E-state index is 13.9. The summed E-state index contributed by atoms with van der Waals surface area (Å²) >= 11 is 1.11. The molecule has 12 heteroatoms. The van der Waals surface area contributed by atoms with Gasteiger partial charge in [0.15, 0.2) is 5.13 Å². The number of halogens is 3. The van der Waals surface area contributed by atoms with E-state index in [1.54, 1.807) is 18.3 Å². The van der Waals surface area contributed by atoms with E-state index in [0.29, 0.717) is 29.3 Å². The second-order valence-corrected chi connectivity index (χ2v) is 10.9. The van der Waals surface area contributed by atoms with Gasteiger partial charge >= 0.3 is 6.18 Å². The van der Waals surface area contributed by atoms with Crippen LogP contribution in [0.25, 0.3) is 0 Å². The number of carbonyl (C=O) groups excluding carboxylic acids is 2. The van der Waals surface area contributed by atoms with Crippen LogP contribution in [0.1, 0.15) is 44.8 Å². The number of benzene rings is 1. The van der Waals surface area contributed by atoms with Gasteiger partial charge in [-0.3, -0.25) is 19.8 Å². The molecule has 2 N–H and O–H groups in total. The van der Waals surface area contributed by atoms with Crippen molar-refractivity contribution in [1.82, 2.24) is 19.8 Å². The quantitative estimate of drug-likeness (QED) is 0.431. The van der Waals surface area contributed by atoms with Crippen molar-refractivity contribution in [3.63, 3.8) is 0 Å². The topological polar surface area (TPSA) is 90.5 Å². The van der Waals surface area contributed by atoms with Crippen LogP contribution in [-0.4, -0.2) is 64.8 Å². The van der Waals surface area contributed by atoms with Gasteiger partial charge < -0.3 is 10.2 Å². The molecule has 0 radical (unpaired) electrons. The molecule has 1 aliphatic heterocycles. The monoisotopic (exact) mass is 568 g/mol. The molecule has 2 aromatic heterocycles. The summed E-state index contributed by atoms with van der Waals surface area (Å²) in [6.45, 7) is 3.14. The van der Waals surface area contributed by atoms with Crippen LogP contribution in [0, 0.1) is 17.8 Å². The zero-order chi connectivity index (χ0) is 28.3. The molecule has 8 nitrogen and oxygen atoms in total. The Hall–Kier alpha value is -3.79. The van der Waals surface area contributed by atoms with Crippen molar-refractivity contribution in [2.75, 3.05) is 43.9 Å². The van der Waals surface area contributed by atoms with Crippen molar-refractivity contribution in [2.45, 2.75) is 25.6 Å². The maximum atomic E-state index is 13.9. The summed E-state index contributed by atoms with van der Waals surface area (Å²) in [5.74, 6) is 5.71. The average Bonchev–Trinajstić information content (AvgIpc) is 3.69. The molecule has 1 saturated carbocycles. The molecule has 0 bridgehead atoms. The number of rotatable bonds is 6. The van der Waals surface area contributed by atoms with Crippen LogP contribution in [0.15, 0.2) is 42.7 Å². The number of nitrogens with zero attached hydrogens (tertiary/aromatic N) is 4. The minimum atomic E-state index is -4.59. The molecule has 1 aromatic carbocycles. The fourth-order valence-corrected chi connectivity index (χ4v) is 4.84. The number of carbonyl (C=O) groups is 2. The third kappa shape index (κ3) is 7.24. The number of hydrogen-bond donors (Lipinski definition) is 2. The SMILES string of the molecule is CN1CCN(Cc2ccc(C(=O)Nc3ncc(C#Cc4ccc(NC(=O)C5CC5)nc4)s3)cc2C(F)(F)F)CC1. The first-order chi connectivity index (χ1) is 19.1. The minimum absolute atomic E-state index is 0.0261. The molecule has 5 rings (SSSR count). The Balaban J connectivity index is 1.22. The Kier molecular flexibility index (Phi) is 8.16. The van der Waals surface area contributed by atoms with E-state index >= 15 is 0 Å². The van der Waals surface area contributed by atoms with E-state index in [9.17, 15) is 22.8 Å². The first-order valence-corrected chi connectivity index (χ1v) is 13.6. The van der Waals surface area contributed by atoms with Crippen LogP contribution in [0.2, 0.25) is 0 Å². The lowest BCUT2D eigenvalue weighted by atomic mass is 10.0. The molecule has 208 valence electrons. The highest BCUT2D eigenvalue weighted by atomic mass is 32.1. The van der Waals surface area contributed by atoms with Crippen molar-refractivity contribution in [3.8, 4) is 11.8 Å². The Morgan fingerprint density at radius 2 is 1.80 bits per heavy atom. The zero-order valence-corrected chi connectivity index (χ0v) is 22.5. The van der Waals surface area contributed by atoms with Crippen LogP contribution >= 0.6 is 11.3 Å². The maximum Gasteiger partial charge on any atom is 0.416 e. The van der Waals surface area contributed by atoms with Crippen LogP contribution in [0.4, 0.5) is 24.1 Å². The van der Waals surface area contributed by atoms with E-state index in [0.717, 1.165) is 43.3 Å². The van der Waals surface area contributed by atoms with Crippen molar-refractivity contribution in [1.29, 1.82) is 0 Å². The number of alkyl halides is 3. The first kappa shape index (κ1) is 27.8. The van der Waals surface area contributed by atoms with Crippen LogP contribution in [0.3, 0.4) is 0 Å². The lowest BCUT2D eigenvalue weighted by molar-refractivity contribution is -0.138. The van der Waals surface area contributed by atoms with Crippen LogP contribution in [-0.2, 0) is 17.5 Å². The summed E-state index contributed by atoms with van der Waals surface area (Å²) in [4.78, 5) is 37.6. The highest BCUT2D eigenvalue weighted by molar-refractivity contribution is 7.16. The Morgan fingerprint density at radius 3 is 2.48 bits per heavy atom. The number of likely N-dealkylation sites (N-methyl/N-ethyl adjacent to an activating group) is 1. The molecule has 0 spiro atoms. The summed E-state index contributed by atoms with van der Waals surface area (Å²) < 4.78 is 41.6. The second-order valence-electron chi connectivity index (χ2n) is 9.88. The number of anilines is 2. The molecule has 2 aliphatic rings. The molecule has 2 amide bonds. The normalized spacial score (nSPS) is 16.2. The van der Waals surface area contributed by atoms with Gasteiger partial charge in [0.2, 0.25) is 5.91 Å². The number of thiazole rings is 1. The standard InChI is InChI=1S/C28H27F3N6O2S/c1-36-10-12-37(13-11-36)17-21-7-6-20(14-23(21)28(29,30)31)26(39)35-27-33-16-22(40-27)8-2-18-3-9-24(32-15-18)34-25(38)19-4-5-19/h3,6-7,9,14-16,19H,4-5,10-13,17H2,1H3,(H,32,34,38)(H,33,35,39). The fourth-order valence-electron chi connectivity index (χ4n) is 4.17. The van der Waals surface area contributed by atoms with E-state index in [1.165, 1.54) is 18.3 Å². The minimum Gasteiger partial charge on any atom is -0.310 e. The third-order valence-corrected chi connectivity index (χ3v) is 7.51. The van der Waals surface area contributed by atoms with Crippen molar-refractivity contribution in [3.05, 3.63) is 69.9 Å². The number of hydrogen-bond acceptors (Lipinski definition) is 7. The third-order valence-electron chi connectivity index (χ3n) is 6.69. The molecular weight excluding hydrogens is 541 g/mol. The number of amides is 2. The number of nitrogens with one attached hydrogen (secondary N) is 2. The molecule has 3 aromatic rings. The molecule has 0 unspecified atom stereocenters. The van der Waals surface area contributed by atoms with E-state index in [4.69, 9.17) is 0 Å². The summed E-state index contributed by atoms with van der Waals surface area (Å²) in [6, 6.07) is 7.10. The highest BCUT2D eigenvalue weighted by Gasteiger charge is 2.35. The molecule has 3 heterocycles. The largest absolute Gasteiger partial charge is 0.416 e. The Labute approximate surface area is 233 Å². The molecule has 1 saturated heterocycles. The molecule has 1 aliphatic carbocycles. The molecular formula is C28H27F3N6O2S. The Bertz CT molecular complexity index is 1450. The van der Waals surface area contributed by atoms with Gasteiger partial charge in [0.25, 0.3) is 5.91 Å². The van der Waals surface area contributed by atoms with Crippen molar-refractivity contribution in [2.24, 2.45) is 5.92 Å². The van der Waals surface area contributed by atoms with Gasteiger partial charge in [-0.2, -0.15) is 13.2 Å². The van der Waals surface area contributed by atoms with Gasteiger partial charge in [-0.05, 0) is 55.6 Å². The number of piperazine rings is 1. The van der Waals surface area contributed by atoms with Gasteiger partial charge in [0.1, 0.15) is 5.82 Å². The fraction of sp³-hybridized carbons (Fsp3) is 0.357. The highest BCUT2D eigenvalue weighted by Crippen LogP contribution is 2.34. The van der Waals surface area contributed by atoms with E-state index in [1.807, 2.05) is 11.9 Å². The molecule has 2 fully saturated rings. The first-order valence-electron chi connectivity index (χ1n) is 12.8. The van der Waals surface area contributed by atoms with Gasteiger partial charge in [-0.1, -0.05) is 23.3 Å². The summed E-state index contributed by atoms with van der Waals surface area (Å²) in [7, 11) is 1.99. The number of aromatic nitrogens is 2. The average molecular weight is 569 g/mol. The van der Waals surface area contributed by atoms with Gasteiger partial charge in [-0.25, -0.2) is 9.97 Å². The Morgan fingerprint density at radius 1 is 1.02 bits per heavy atom. The molecule has 0 atom stereocenters. The lowest BCUT2D eigenvalue weighted by Gasteiger charge is -2.33. The van der Waals surface area contributed by atoms with Crippen molar-refractivity contribution < 1.29 is 22.8 Å². The van der Waals surface area contributed by atoms with Crippen LogP contribution in [0.5, 0.6) is 0 Å². The lowest BCUT2D eigenvalue weighted by Crippen LogP contribution is -2.44. The second kappa shape index (κ2) is 11.8. The molecule has 40 heavy (non-hydrogen) atoms. The number of pyridine rings is 1. The van der Waals surface area contributed by atoms with E-state index in [2.05, 4.69) is 37.3 Å². The summed E-state index contributed by atoms with van der Waals surface area (Å²) in [6.07, 6.45) is 0.254. The zero-order valence-electron chi connectivity index (χ0n) is 21.7. The van der Waals surface area contributed by atoms with Gasteiger partial charge in [0.05, 0.1) is 16.6 Å². The smallest absolute Gasteiger partial charge is 0.310 e. The van der Waals surface area contributed by atoms with Gasteiger partial charge in [-0.15, -0.1) is 0 Å². The van der Waals surface area contributed by atoms with Crippen LogP contribution < -0.4 is 10.6 Å². The predicted molar refractivity (Wildman–Crippen MR) is 146 cm³/mol.